The molecule has 1 saturated carbocycles. The molecule has 4 rings (SSSR count). The van der Waals surface area contributed by atoms with Crippen molar-refractivity contribution in [3.05, 3.63) is 23.3 Å². The minimum absolute atomic E-state index is 0.0411. The van der Waals surface area contributed by atoms with Gasteiger partial charge in [-0.3, -0.25) is 4.79 Å². The second kappa shape index (κ2) is 3.03. The first-order valence-electron chi connectivity index (χ1n) is 6.38. The predicted octanol–water partition coefficient (Wildman–Crippen LogP) is 2.77. The van der Waals surface area contributed by atoms with E-state index in [2.05, 4.69) is 17.4 Å². The number of ether oxygens (including phenoxy) is 1. The molecule has 3 nitrogen and oxygen atoms in total. The van der Waals surface area contributed by atoms with Crippen LogP contribution < -0.4 is 10.1 Å². The van der Waals surface area contributed by atoms with Crippen LogP contribution in [-0.4, -0.2) is 12.0 Å². The molecule has 3 unspecified atom stereocenters. The van der Waals surface area contributed by atoms with Crippen LogP contribution in [0.2, 0.25) is 0 Å². The molecule has 1 fully saturated rings. The van der Waals surface area contributed by atoms with E-state index < -0.39 is 0 Å². The SMILES string of the molecule is CC1Oc2cc3c(cc2NC1=O)C1CCC3C1. The van der Waals surface area contributed by atoms with Crippen LogP contribution in [0.4, 0.5) is 5.69 Å². The zero-order chi connectivity index (χ0) is 11.6. The molecule has 1 aliphatic heterocycles. The van der Waals surface area contributed by atoms with Crippen molar-refractivity contribution in [3.8, 4) is 5.75 Å². The number of anilines is 1. The number of benzene rings is 1. The molecule has 3 aliphatic rings. The Labute approximate surface area is 100 Å². The molecule has 3 atom stereocenters. The summed E-state index contributed by atoms with van der Waals surface area (Å²) in [5.74, 6) is 2.26. The number of amides is 1. The fourth-order valence-electron chi connectivity index (χ4n) is 3.54. The van der Waals surface area contributed by atoms with E-state index in [1.54, 1.807) is 6.92 Å². The van der Waals surface area contributed by atoms with Crippen molar-refractivity contribution in [2.75, 3.05) is 5.32 Å². The zero-order valence-corrected chi connectivity index (χ0v) is 9.82. The summed E-state index contributed by atoms with van der Waals surface area (Å²) in [5, 5.41) is 2.93. The first kappa shape index (κ1) is 9.51. The molecule has 17 heavy (non-hydrogen) atoms. The Morgan fingerprint density at radius 1 is 1.24 bits per heavy atom. The summed E-state index contributed by atoms with van der Waals surface area (Å²) >= 11 is 0. The molecule has 88 valence electrons. The highest BCUT2D eigenvalue weighted by Crippen LogP contribution is 2.55. The third-order valence-electron chi connectivity index (χ3n) is 4.43. The van der Waals surface area contributed by atoms with Gasteiger partial charge in [0.15, 0.2) is 6.10 Å². The highest BCUT2D eigenvalue weighted by Gasteiger charge is 2.38. The summed E-state index contributed by atoms with van der Waals surface area (Å²) in [7, 11) is 0. The van der Waals surface area contributed by atoms with Gasteiger partial charge in [0.25, 0.3) is 5.91 Å². The molecule has 0 radical (unpaired) electrons. The molecule has 0 spiro atoms. The lowest BCUT2D eigenvalue weighted by molar-refractivity contribution is -0.122. The molecule has 3 heteroatoms. The minimum atomic E-state index is -0.376. The van der Waals surface area contributed by atoms with Crippen molar-refractivity contribution in [2.45, 2.75) is 44.1 Å². The van der Waals surface area contributed by atoms with E-state index in [0.717, 1.165) is 23.3 Å². The third-order valence-corrected chi connectivity index (χ3v) is 4.43. The van der Waals surface area contributed by atoms with Crippen molar-refractivity contribution < 1.29 is 9.53 Å². The van der Waals surface area contributed by atoms with Crippen molar-refractivity contribution >= 4 is 11.6 Å². The number of hydrogen-bond acceptors (Lipinski definition) is 2. The summed E-state index contributed by atoms with van der Waals surface area (Å²) in [5.41, 5.74) is 3.77. The fraction of sp³-hybridized carbons (Fsp3) is 0.500. The smallest absolute Gasteiger partial charge is 0.265 e. The van der Waals surface area contributed by atoms with Gasteiger partial charge in [-0.1, -0.05) is 0 Å². The van der Waals surface area contributed by atoms with Crippen molar-refractivity contribution in [2.24, 2.45) is 0 Å². The Morgan fingerprint density at radius 3 is 2.71 bits per heavy atom. The van der Waals surface area contributed by atoms with E-state index in [9.17, 15) is 4.79 Å². The highest BCUT2D eigenvalue weighted by atomic mass is 16.5. The Balaban J connectivity index is 1.85. The molecule has 0 saturated heterocycles. The highest BCUT2D eigenvalue weighted by molar-refractivity contribution is 5.97. The monoisotopic (exact) mass is 229 g/mol. The predicted molar refractivity (Wildman–Crippen MR) is 64.5 cm³/mol. The molecular formula is C14H15NO2. The van der Waals surface area contributed by atoms with E-state index >= 15 is 0 Å². The van der Waals surface area contributed by atoms with Gasteiger partial charge >= 0.3 is 0 Å². The maximum Gasteiger partial charge on any atom is 0.265 e. The van der Waals surface area contributed by atoms with E-state index in [0.29, 0.717) is 0 Å². The topological polar surface area (TPSA) is 38.3 Å². The van der Waals surface area contributed by atoms with E-state index in [-0.39, 0.29) is 12.0 Å². The van der Waals surface area contributed by atoms with Crippen LogP contribution in [0.25, 0.3) is 0 Å². The number of carbonyl (C=O) groups excluding carboxylic acids is 1. The van der Waals surface area contributed by atoms with E-state index in [1.807, 2.05) is 0 Å². The van der Waals surface area contributed by atoms with Gasteiger partial charge < -0.3 is 10.1 Å². The van der Waals surface area contributed by atoms with Gasteiger partial charge in [-0.25, -0.2) is 0 Å². The van der Waals surface area contributed by atoms with Gasteiger partial charge in [-0.15, -0.1) is 0 Å². The number of hydrogen-bond donors (Lipinski definition) is 1. The molecule has 1 N–H and O–H groups in total. The first-order valence-corrected chi connectivity index (χ1v) is 6.38. The van der Waals surface area contributed by atoms with Crippen LogP contribution >= 0.6 is 0 Å². The van der Waals surface area contributed by atoms with Gasteiger partial charge in [0, 0.05) is 0 Å². The maximum absolute atomic E-state index is 11.6. The number of fused-ring (bicyclic) bond motifs is 6. The molecule has 1 aromatic carbocycles. The minimum Gasteiger partial charge on any atom is -0.479 e. The van der Waals surface area contributed by atoms with Crippen LogP contribution in [0, 0.1) is 0 Å². The van der Waals surface area contributed by atoms with Gasteiger partial charge in [0.05, 0.1) is 5.69 Å². The quantitative estimate of drug-likeness (QED) is 0.742. The van der Waals surface area contributed by atoms with Crippen LogP contribution in [0.3, 0.4) is 0 Å². The maximum atomic E-state index is 11.6. The second-order valence-electron chi connectivity index (χ2n) is 5.43. The lowest BCUT2D eigenvalue weighted by Crippen LogP contribution is -2.34. The normalized spacial score (nSPS) is 32.8. The lowest BCUT2D eigenvalue weighted by atomic mass is 9.91. The van der Waals surface area contributed by atoms with Gasteiger partial charge in [0.2, 0.25) is 0 Å². The summed E-state index contributed by atoms with van der Waals surface area (Å²) in [6, 6.07) is 4.29. The number of nitrogens with one attached hydrogen (secondary N) is 1. The molecule has 1 amide bonds. The Bertz CT molecular complexity index is 523. The van der Waals surface area contributed by atoms with E-state index in [4.69, 9.17) is 4.74 Å². The standard InChI is InChI=1S/C14H15NO2/c1-7-14(16)15-12-5-10-8-2-3-9(4-8)11(10)6-13(12)17-7/h5-9H,2-4H2,1H3,(H,15,16). The van der Waals surface area contributed by atoms with Crippen LogP contribution in [-0.2, 0) is 4.79 Å². The van der Waals surface area contributed by atoms with Crippen LogP contribution in [0.15, 0.2) is 12.1 Å². The largest absolute Gasteiger partial charge is 0.479 e. The average Bonchev–Trinajstić information content (AvgIpc) is 2.89. The fourth-order valence-corrected chi connectivity index (χ4v) is 3.54. The molecule has 2 aliphatic carbocycles. The molecule has 1 aromatic rings. The second-order valence-corrected chi connectivity index (χ2v) is 5.43. The molecular weight excluding hydrogens is 214 g/mol. The van der Waals surface area contributed by atoms with Crippen molar-refractivity contribution in [3.63, 3.8) is 0 Å². The van der Waals surface area contributed by atoms with Crippen LogP contribution in [0.1, 0.15) is 49.1 Å². The molecule has 1 heterocycles. The van der Waals surface area contributed by atoms with Crippen LogP contribution in [0.5, 0.6) is 5.75 Å². The van der Waals surface area contributed by atoms with Crippen molar-refractivity contribution in [1.82, 2.24) is 0 Å². The van der Waals surface area contributed by atoms with Gasteiger partial charge in [0.1, 0.15) is 5.75 Å². The van der Waals surface area contributed by atoms with Crippen molar-refractivity contribution in [1.29, 1.82) is 0 Å². The zero-order valence-electron chi connectivity index (χ0n) is 9.82. The summed E-state index contributed by atoms with van der Waals surface area (Å²) in [4.78, 5) is 11.6. The summed E-state index contributed by atoms with van der Waals surface area (Å²) in [6.07, 6.45) is 3.54. The Morgan fingerprint density at radius 2 is 1.94 bits per heavy atom. The average molecular weight is 229 g/mol. The third kappa shape index (κ3) is 1.20. The summed E-state index contributed by atoms with van der Waals surface area (Å²) in [6.45, 7) is 1.79. The van der Waals surface area contributed by atoms with Gasteiger partial charge in [-0.2, -0.15) is 0 Å². The molecule has 0 aromatic heterocycles. The van der Waals surface area contributed by atoms with E-state index in [1.165, 1.54) is 30.4 Å². The Hall–Kier alpha value is -1.51. The number of rotatable bonds is 0. The van der Waals surface area contributed by atoms with Gasteiger partial charge in [-0.05, 0) is 61.3 Å². The summed E-state index contributed by atoms with van der Waals surface area (Å²) < 4.78 is 5.66. The molecule has 2 bridgehead atoms. The Kier molecular flexibility index (Phi) is 1.70. The lowest BCUT2D eigenvalue weighted by Gasteiger charge is -2.26. The first-order chi connectivity index (χ1) is 8.22. The number of carbonyl (C=O) groups is 1.